The third-order valence-corrected chi connectivity index (χ3v) is 8.11. The average molecular weight is 335 g/mol. The Hall–Kier alpha value is -2.46. The number of carbonyl (C=O) groups excluding carboxylic acids is 1. The summed E-state index contributed by atoms with van der Waals surface area (Å²) in [7, 11) is -0.370. The van der Waals surface area contributed by atoms with Gasteiger partial charge in [-0.3, -0.25) is 9.78 Å². The van der Waals surface area contributed by atoms with Crippen molar-refractivity contribution < 1.29 is 9.53 Å². The van der Waals surface area contributed by atoms with Crippen molar-refractivity contribution in [2.75, 3.05) is 7.11 Å². The maximum absolute atomic E-state index is 11.4. The lowest BCUT2D eigenvalue weighted by molar-refractivity contribution is -0.139. The molecule has 0 saturated heterocycles. The molecule has 3 rings (SSSR count). The summed E-state index contributed by atoms with van der Waals surface area (Å²) in [6.45, 7) is 4.69. The van der Waals surface area contributed by atoms with E-state index in [4.69, 9.17) is 4.74 Å². The van der Waals surface area contributed by atoms with Crippen LogP contribution >= 0.6 is 0 Å². The molecule has 122 valence electrons. The van der Waals surface area contributed by atoms with E-state index in [1.807, 2.05) is 24.4 Å². The lowest BCUT2D eigenvalue weighted by atomic mass is 10.1. The van der Waals surface area contributed by atoms with Gasteiger partial charge in [0.15, 0.2) is 0 Å². The van der Waals surface area contributed by atoms with E-state index in [9.17, 15) is 4.79 Å². The molecule has 0 spiro atoms. The van der Waals surface area contributed by atoms with Gasteiger partial charge in [0.05, 0.1) is 19.0 Å². The monoisotopic (exact) mass is 335 g/mol. The number of pyridine rings is 1. The van der Waals surface area contributed by atoms with Crippen molar-refractivity contribution in [1.29, 1.82) is 0 Å². The molecule has 0 amide bonds. The first-order chi connectivity index (χ1) is 11.5. The van der Waals surface area contributed by atoms with E-state index in [0.717, 1.165) is 11.1 Å². The summed E-state index contributed by atoms with van der Waals surface area (Å²) in [5, 5.41) is 3.90. The second-order valence-corrected chi connectivity index (χ2v) is 10.9. The Kier molecular flexibility index (Phi) is 4.49. The standard InChI is InChI=1S/C20H21NO2Si/c1-23-20(22)13-15-6-8-17(9-7-15)24(2,3)18-10-11-19-16(14-18)5-4-12-21-19/h4-12,14H,13H2,1-3H3. The largest absolute Gasteiger partial charge is 0.469 e. The molecule has 0 saturated carbocycles. The lowest BCUT2D eigenvalue weighted by Crippen LogP contribution is -2.52. The van der Waals surface area contributed by atoms with Gasteiger partial charge in [0, 0.05) is 11.6 Å². The third kappa shape index (κ3) is 3.24. The van der Waals surface area contributed by atoms with E-state index in [-0.39, 0.29) is 5.97 Å². The van der Waals surface area contributed by atoms with E-state index in [0.29, 0.717) is 6.42 Å². The number of fused-ring (bicyclic) bond motifs is 1. The van der Waals surface area contributed by atoms with Crippen LogP contribution in [-0.4, -0.2) is 26.1 Å². The molecule has 0 aliphatic rings. The SMILES string of the molecule is COC(=O)Cc1ccc([Si](C)(C)c2ccc3ncccc3c2)cc1. The highest BCUT2D eigenvalue weighted by Gasteiger charge is 2.26. The van der Waals surface area contributed by atoms with Crippen molar-refractivity contribution in [3.05, 3.63) is 66.4 Å². The maximum atomic E-state index is 11.4. The number of benzene rings is 2. The highest BCUT2D eigenvalue weighted by molar-refractivity contribution is 7.00. The van der Waals surface area contributed by atoms with E-state index in [1.165, 1.54) is 22.9 Å². The minimum absolute atomic E-state index is 0.207. The Morgan fingerprint density at radius 3 is 2.46 bits per heavy atom. The zero-order valence-corrected chi connectivity index (χ0v) is 15.2. The van der Waals surface area contributed by atoms with Gasteiger partial charge in [-0.1, -0.05) is 65.9 Å². The quantitative estimate of drug-likeness (QED) is 0.544. The van der Waals surface area contributed by atoms with Crippen LogP contribution in [-0.2, 0) is 16.0 Å². The van der Waals surface area contributed by atoms with Gasteiger partial charge in [0.25, 0.3) is 0 Å². The maximum Gasteiger partial charge on any atom is 0.309 e. The molecular weight excluding hydrogens is 314 g/mol. The molecule has 0 bridgehead atoms. The van der Waals surface area contributed by atoms with Crippen LogP contribution in [0.5, 0.6) is 0 Å². The number of rotatable bonds is 4. The lowest BCUT2D eigenvalue weighted by Gasteiger charge is -2.24. The number of hydrogen-bond acceptors (Lipinski definition) is 3. The Labute approximate surface area is 143 Å². The van der Waals surface area contributed by atoms with Gasteiger partial charge in [-0.15, -0.1) is 0 Å². The first-order valence-corrected chi connectivity index (χ1v) is 11.0. The molecular formula is C20H21NO2Si. The first kappa shape index (κ1) is 16.4. The highest BCUT2D eigenvalue weighted by Crippen LogP contribution is 2.13. The number of nitrogens with zero attached hydrogens (tertiary/aromatic N) is 1. The van der Waals surface area contributed by atoms with Gasteiger partial charge < -0.3 is 4.74 Å². The fourth-order valence-electron chi connectivity index (χ4n) is 2.91. The predicted octanol–water partition coefficient (Wildman–Crippen LogP) is 2.77. The molecule has 0 N–H and O–H groups in total. The van der Waals surface area contributed by atoms with Gasteiger partial charge in [0.2, 0.25) is 0 Å². The van der Waals surface area contributed by atoms with Gasteiger partial charge in [-0.05, 0) is 17.7 Å². The number of ether oxygens (including phenoxy) is 1. The van der Waals surface area contributed by atoms with Crippen LogP contribution in [0.3, 0.4) is 0 Å². The zero-order chi connectivity index (χ0) is 17.2. The van der Waals surface area contributed by atoms with Crippen LogP contribution < -0.4 is 10.4 Å². The van der Waals surface area contributed by atoms with E-state index >= 15 is 0 Å². The summed E-state index contributed by atoms with van der Waals surface area (Å²) in [4.78, 5) is 15.8. The van der Waals surface area contributed by atoms with E-state index < -0.39 is 8.07 Å². The number of methoxy groups -OCH3 is 1. The average Bonchev–Trinajstić information content (AvgIpc) is 2.61. The van der Waals surface area contributed by atoms with Crippen LogP contribution in [0.25, 0.3) is 10.9 Å². The molecule has 24 heavy (non-hydrogen) atoms. The molecule has 0 fully saturated rings. The molecule has 3 nitrogen and oxygen atoms in total. The summed E-state index contributed by atoms with van der Waals surface area (Å²) in [6.07, 6.45) is 2.14. The molecule has 0 atom stereocenters. The fourth-order valence-corrected chi connectivity index (χ4v) is 5.26. The van der Waals surface area contributed by atoms with Gasteiger partial charge in [-0.2, -0.15) is 0 Å². The smallest absolute Gasteiger partial charge is 0.309 e. The molecule has 0 aliphatic carbocycles. The zero-order valence-electron chi connectivity index (χ0n) is 14.2. The minimum atomic E-state index is -1.79. The summed E-state index contributed by atoms with van der Waals surface area (Å²) in [5.41, 5.74) is 2.01. The molecule has 2 aromatic carbocycles. The summed E-state index contributed by atoms with van der Waals surface area (Å²) >= 11 is 0. The van der Waals surface area contributed by atoms with Crippen molar-refractivity contribution in [2.45, 2.75) is 19.5 Å². The molecule has 1 heterocycles. The van der Waals surface area contributed by atoms with Gasteiger partial charge >= 0.3 is 5.97 Å². The van der Waals surface area contributed by atoms with Crippen molar-refractivity contribution in [3.63, 3.8) is 0 Å². The van der Waals surface area contributed by atoms with Crippen molar-refractivity contribution >= 4 is 35.3 Å². The van der Waals surface area contributed by atoms with Crippen LogP contribution in [0.2, 0.25) is 13.1 Å². The number of esters is 1. The molecule has 1 aromatic heterocycles. The number of aromatic nitrogens is 1. The van der Waals surface area contributed by atoms with Crippen LogP contribution in [0.15, 0.2) is 60.8 Å². The second-order valence-electron chi connectivity index (χ2n) is 6.49. The molecule has 0 aliphatic heterocycles. The van der Waals surface area contributed by atoms with Crippen molar-refractivity contribution in [1.82, 2.24) is 4.98 Å². The van der Waals surface area contributed by atoms with Crippen LogP contribution in [0.1, 0.15) is 5.56 Å². The second kappa shape index (κ2) is 6.57. The Morgan fingerprint density at radius 2 is 1.75 bits per heavy atom. The minimum Gasteiger partial charge on any atom is -0.469 e. The van der Waals surface area contributed by atoms with Gasteiger partial charge in [-0.25, -0.2) is 0 Å². The van der Waals surface area contributed by atoms with E-state index in [1.54, 1.807) is 0 Å². The van der Waals surface area contributed by atoms with Crippen molar-refractivity contribution in [3.8, 4) is 0 Å². The van der Waals surface area contributed by atoms with Crippen LogP contribution in [0.4, 0.5) is 0 Å². The summed E-state index contributed by atoms with van der Waals surface area (Å²) < 4.78 is 4.73. The topological polar surface area (TPSA) is 39.2 Å². The molecule has 4 heteroatoms. The Morgan fingerprint density at radius 1 is 1.04 bits per heavy atom. The predicted molar refractivity (Wildman–Crippen MR) is 101 cm³/mol. The third-order valence-electron chi connectivity index (χ3n) is 4.58. The number of hydrogen-bond donors (Lipinski definition) is 0. The Balaban J connectivity index is 1.92. The first-order valence-electron chi connectivity index (χ1n) is 8.02. The molecule has 0 unspecified atom stereocenters. The normalized spacial score (nSPS) is 11.5. The molecule has 3 aromatic rings. The number of carbonyl (C=O) groups is 1. The van der Waals surface area contributed by atoms with Crippen LogP contribution in [0, 0.1) is 0 Å². The summed E-state index contributed by atoms with van der Waals surface area (Å²) in [5.74, 6) is -0.207. The molecule has 0 radical (unpaired) electrons. The fraction of sp³-hybridized carbons (Fsp3) is 0.200. The van der Waals surface area contributed by atoms with E-state index in [2.05, 4.69) is 54.5 Å². The van der Waals surface area contributed by atoms with Crippen molar-refractivity contribution in [2.24, 2.45) is 0 Å². The van der Waals surface area contributed by atoms with Gasteiger partial charge in [0.1, 0.15) is 8.07 Å². The Bertz CT molecular complexity index is 872. The highest BCUT2D eigenvalue weighted by atomic mass is 28.3. The summed E-state index contributed by atoms with van der Waals surface area (Å²) in [6, 6.07) is 19.0.